The normalized spacial score (nSPS) is 17.2. The lowest BCUT2D eigenvalue weighted by molar-refractivity contribution is 0.188. The molecule has 0 N–H and O–H groups in total. The lowest BCUT2D eigenvalue weighted by atomic mass is 9.95. The Morgan fingerprint density at radius 2 is 1.67 bits per heavy atom. The standard InChI is InChI=1S/C30H31FN5O2P/c1-20-19-35(15-16-36(20)27-17-28(37)34(2)26-14-11-24(18-32)33-29(26)27)30(21-5-9-23(31)10-6-21)22-7-12-25(13-8-22)39(3,4)38/h5-14,17,20,30H,15-16,19H2,1-4H3/t20-,30?/m0/s1. The number of hydrogen-bond donors (Lipinski definition) is 0. The maximum atomic E-state index is 13.8. The molecule has 1 aliphatic rings. The van der Waals surface area contributed by atoms with Crippen molar-refractivity contribution >= 4 is 29.2 Å². The minimum Gasteiger partial charge on any atom is -0.364 e. The van der Waals surface area contributed by atoms with Crippen molar-refractivity contribution in [3.8, 4) is 6.07 Å². The second kappa shape index (κ2) is 10.4. The van der Waals surface area contributed by atoms with Crippen molar-refractivity contribution in [2.45, 2.75) is 19.0 Å². The van der Waals surface area contributed by atoms with Crippen LogP contribution in [-0.2, 0) is 11.6 Å². The second-order valence-corrected chi connectivity index (χ2v) is 13.8. The number of fused-ring (bicyclic) bond motifs is 1. The predicted molar refractivity (Wildman–Crippen MR) is 154 cm³/mol. The molecule has 4 aromatic rings. The summed E-state index contributed by atoms with van der Waals surface area (Å²) < 4.78 is 28.0. The van der Waals surface area contributed by atoms with Crippen molar-refractivity contribution in [2.75, 3.05) is 37.9 Å². The number of hydrogen-bond acceptors (Lipinski definition) is 6. The summed E-state index contributed by atoms with van der Waals surface area (Å²) in [5, 5.41) is 10.2. The van der Waals surface area contributed by atoms with Crippen LogP contribution in [0.2, 0.25) is 0 Å². The molecule has 2 atom stereocenters. The van der Waals surface area contributed by atoms with Crippen LogP contribution in [0.5, 0.6) is 0 Å². The molecule has 1 aliphatic heterocycles. The Hall–Kier alpha value is -3.79. The van der Waals surface area contributed by atoms with Gasteiger partial charge in [0.2, 0.25) is 0 Å². The van der Waals surface area contributed by atoms with E-state index in [9.17, 15) is 19.0 Å². The Balaban J connectivity index is 1.51. The van der Waals surface area contributed by atoms with E-state index >= 15 is 0 Å². The predicted octanol–water partition coefficient (Wildman–Crippen LogP) is 4.49. The number of halogens is 1. The van der Waals surface area contributed by atoms with Gasteiger partial charge < -0.3 is 14.0 Å². The first kappa shape index (κ1) is 26.8. The molecule has 1 unspecified atom stereocenters. The van der Waals surface area contributed by atoms with Gasteiger partial charge in [-0.05, 0) is 55.6 Å². The van der Waals surface area contributed by atoms with E-state index in [1.54, 1.807) is 43.1 Å². The van der Waals surface area contributed by atoms with Crippen molar-refractivity contribution in [2.24, 2.45) is 7.05 Å². The van der Waals surface area contributed by atoms with Crippen LogP contribution in [0.25, 0.3) is 11.0 Å². The van der Waals surface area contributed by atoms with Gasteiger partial charge in [0.15, 0.2) is 0 Å². The number of benzene rings is 2. The molecule has 3 heterocycles. The molecule has 0 saturated carbocycles. The van der Waals surface area contributed by atoms with Crippen LogP contribution in [0.4, 0.5) is 10.1 Å². The number of anilines is 1. The third-order valence-corrected chi connectivity index (χ3v) is 9.07. The zero-order chi connectivity index (χ0) is 27.9. The highest BCUT2D eigenvalue weighted by molar-refractivity contribution is 7.70. The molecule has 2 aromatic heterocycles. The smallest absolute Gasteiger partial charge is 0.252 e. The quantitative estimate of drug-likeness (QED) is 0.345. The van der Waals surface area contributed by atoms with E-state index < -0.39 is 7.14 Å². The van der Waals surface area contributed by atoms with Crippen LogP contribution in [0.1, 0.15) is 29.8 Å². The number of aryl methyl sites for hydroxylation is 1. The lowest BCUT2D eigenvalue weighted by Gasteiger charge is -2.44. The summed E-state index contributed by atoms with van der Waals surface area (Å²) in [6.45, 7) is 7.63. The van der Waals surface area contributed by atoms with Crippen molar-refractivity contribution in [1.82, 2.24) is 14.5 Å². The van der Waals surface area contributed by atoms with Crippen molar-refractivity contribution < 1.29 is 8.96 Å². The van der Waals surface area contributed by atoms with E-state index in [1.165, 1.54) is 12.1 Å². The molecule has 2 aromatic carbocycles. The Morgan fingerprint density at radius 1 is 1.03 bits per heavy atom. The van der Waals surface area contributed by atoms with E-state index in [2.05, 4.69) is 27.8 Å². The molecular weight excluding hydrogens is 512 g/mol. The van der Waals surface area contributed by atoms with Gasteiger partial charge in [0, 0.05) is 44.1 Å². The summed E-state index contributed by atoms with van der Waals surface area (Å²) >= 11 is 0. The Kier molecular flexibility index (Phi) is 7.15. The first-order valence-electron chi connectivity index (χ1n) is 12.9. The zero-order valence-corrected chi connectivity index (χ0v) is 23.4. The molecule has 7 nitrogen and oxygen atoms in total. The number of piperazine rings is 1. The van der Waals surface area contributed by atoms with Gasteiger partial charge in [-0.3, -0.25) is 9.69 Å². The molecule has 0 bridgehead atoms. The van der Waals surface area contributed by atoms with Gasteiger partial charge in [0.25, 0.3) is 5.56 Å². The SMILES string of the molecule is C[C@H]1CN(C(c2ccc(F)cc2)c2ccc(P(C)(C)=O)cc2)CCN1c1cc(=O)n(C)c2ccc(C#N)nc12. The van der Waals surface area contributed by atoms with Gasteiger partial charge in [0.1, 0.15) is 30.2 Å². The molecule has 0 radical (unpaired) electrons. The summed E-state index contributed by atoms with van der Waals surface area (Å²) in [7, 11) is -0.682. The molecule has 39 heavy (non-hydrogen) atoms. The summed E-state index contributed by atoms with van der Waals surface area (Å²) in [5.41, 5.74) is 4.22. The second-order valence-electron chi connectivity index (χ2n) is 10.5. The molecule has 9 heteroatoms. The fourth-order valence-corrected chi connectivity index (χ4v) is 6.31. The van der Waals surface area contributed by atoms with Gasteiger partial charge in [-0.2, -0.15) is 5.26 Å². The molecule has 0 aliphatic carbocycles. The average Bonchev–Trinajstić information content (AvgIpc) is 2.92. The summed E-state index contributed by atoms with van der Waals surface area (Å²) in [4.78, 5) is 21.9. The third-order valence-electron chi connectivity index (χ3n) is 7.53. The monoisotopic (exact) mass is 543 g/mol. The first-order chi connectivity index (χ1) is 18.6. The number of rotatable bonds is 5. The fourth-order valence-electron chi connectivity index (χ4n) is 5.45. The van der Waals surface area contributed by atoms with Gasteiger partial charge in [-0.1, -0.05) is 36.4 Å². The molecule has 5 rings (SSSR count). The van der Waals surface area contributed by atoms with E-state index in [4.69, 9.17) is 0 Å². The summed E-state index contributed by atoms with van der Waals surface area (Å²) in [6.07, 6.45) is 0. The van der Waals surface area contributed by atoms with Crippen LogP contribution in [0, 0.1) is 17.1 Å². The summed E-state index contributed by atoms with van der Waals surface area (Å²) in [5.74, 6) is -0.286. The number of aromatic nitrogens is 2. The highest BCUT2D eigenvalue weighted by Gasteiger charge is 2.32. The molecule has 0 spiro atoms. The number of nitrogens with zero attached hydrogens (tertiary/aromatic N) is 5. The summed E-state index contributed by atoms with van der Waals surface area (Å²) in [6, 6.07) is 21.5. The van der Waals surface area contributed by atoms with Crippen LogP contribution >= 0.6 is 7.14 Å². The highest BCUT2D eigenvalue weighted by Crippen LogP contribution is 2.37. The Bertz CT molecular complexity index is 1670. The van der Waals surface area contributed by atoms with E-state index in [0.29, 0.717) is 36.4 Å². The van der Waals surface area contributed by atoms with Crippen molar-refractivity contribution in [3.05, 3.63) is 99.7 Å². The molecule has 1 fully saturated rings. The van der Waals surface area contributed by atoms with E-state index in [0.717, 1.165) is 22.1 Å². The molecule has 1 saturated heterocycles. The van der Waals surface area contributed by atoms with Gasteiger partial charge in [-0.25, -0.2) is 9.37 Å². The maximum Gasteiger partial charge on any atom is 0.252 e. The molecular formula is C30H31FN5O2P. The Labute approximate surface area is 227 Å². The van der Waals surface area contributed by atoms with E-state index in [-0.39, 0.29) is 23.5 Å². The zero-order valence-electron chi connectivity index (χ0n) is 22.5. The fraction of sp³-hybridized carbons (Fsp3) is 0.300. The van der Waals surface area contributed by atoms with Gasteiger partial charge in [0.05, 0.1) is 17.2 Å². The maximum absolute atomic E-state index is 13.8. The number of pyridine rings is 2. The largest absolute Gasteiger partial charge is 0.364 e. The van der Waals surface area contributed by atoms with Crippen LogP contribution < -0.4 is 15.8 Å². The van der Waals surface area contributed by atoms with Crippen LogP contribution in [-0.4, -0.2) is 53.5 Å². The highest BCUT2D eigenvalue weighted by atomic mass is 31.2. The Morgan fingerprint density at radius 3 is 2.26 bits per heavy atom. The minimum absolute atomic E-state index is 0.0234. The molecule has 0 amide bonds. The lowest BCUT2D eigenvalue weighted by Crippen LogP contribution is -2.53. The third kappa shape index (κ3) is 5.25. The first-order valence-corrected chi connectivity index (χ1v) is 15.5. The topological polar surface area (TPSA) is 82.2 Å². The average molecular weight is 544 g/mol. The number of nitriles is 1. The minimum atomic E-state index is -2.39. The van der Waals surface area contributed by atoms with Crippen LogP contribution in [0.15, 0.2) is 71.5 Å². The van der Waals surface area contributed by atoms with Crippen LogP contribution in [0.3, 0.4) is 0 Å². The molecule has 200 valence electrons. The van der Waals surface area contributed by atoms with Gasteiger partial charge >= 0.3 is 0 Å². The van der Waals surface area contributed by atoms with E-state index in [1.807, 2.05) is 36.4 Å². The van der Waals surface area contributed by atoms with Crippen molar-refractivity contribution in [1.29, 1.82) is 5.26 Å². The van der Waals surface area contributed by atoms with Crippen molar-refractivity contribution in [3.63, 3.8) is 0 Å². The van der Waals surface area contributed by atoms with Gasteiger partial charge in [-0.15, -0.1) is 0 Å².